The van der Waals surface area contributed by atoms with Crippen molar-refractivity contribution in [3.63, 3.8) is 0 Å². The molecule has 32 heavy (non-hydrogen) atoms. The van der Waals surface area contributed by atoms with Crippen molar-refractivity contribution >= 4 is 23.5 Å². The standard InChI is InChI=1S/C25H30O6S/c1-28-22(27)21-20-19(26)8-7-18-17(9-10-24(18)29-13-14-30-24)23(20)11-12-25(21,31-23)32-15-16-5-3-2-4-6-16/h2-6,17-18,20-21H,7-15H2,1H3/t17-,18+,20+,21-,23+,25-/m1/s1. The number of thioether (sulfide) groups is 1. The van der Waals surface area contributed by atoms with Crippen LogP contribution < -0.4 is 0 Å². The Morgan fingerprint density at radius 1 is 1.09 bits per heavy atom. The molecule has 0 radical (unpaired) electrons. The molecular weight excluding hydrogens is 428 g/mol. The predicted molar refractivity (Wildman–Crippen MR) is 118 cm³/mol. The number of carbonyl (C=O) groups is 2. The Labute approximate surface area is 192 Å². The van der Waals surface area contributed by atoms with Crippen LogP contribution in [-0.4, -0.2) is 48.4 Å². The van der Waals surface area contributed by atoms with Crippen molar-refractivity contribution in [3.8, 4) is 0 Å². The molecule has 1 aromatic carbocycles. The highest BCUT2D eigenvalue weighted by Crippen LogP contribution is 2.70. The van der Waals surface area contributed by atoms with Crippen molar-refractivity contribution in [1.82, 2.24) is 0 Å². The average Bonchev–Trinajstić information content (AvgIpc) is 3.57. The monoisotopic (exact) mass is 458 g/mol. The summed E-state index contributed by atoms with van der Waals surface area (Å²) >= 11 is 1.67. The van der Waals surface area contributed by atoms with Crippen molar-refractivity contribution in [2.45, 2.75) is 60.6 Å². The summed E-state index contributed by atoms with van der Waals surface area (Å²) in [4.78, 5) is 26.0. The molecule has 2 bridgehead atoms. The summed E-state index contributed by atoms with van der Waals surface area (Å²) in [7, 11) is 1.42. The lowest BCUT2D eigenvalue weighted by atomic mass is 9.64. The van der Waals surface area contributed by atoms with E-state index in [0.717, 1.165) is 37.9 Å². The van der Waals surface area contributed by atoms with Crippen LogP contribution in [0.5, 0.6) is 0 Å². The highest BCUT2D eigenvalue weighted by Gasteiger charge is 2.77. The molecule has 0 aromatic heterocycles. The normalized spacial score (nSPS) is 41.5. The maximum absolute atomic E-state index is 13.6. The largest absolute Gasteiger partial charge is 0.469 e. The molecule has 5 aliphatic rings. The zero-order chi connectivity index (χ0) is 22.0. The number of methoxy groups -OCH3 is 1. The number of hydrogen-bond acceptors (Lipinski definition) is 7. The van der Waals surface area contributed by atoms with Crippen molar-refractivity contribution in [2.24, 2.45) is 23.7 Å². The van der Waals surface area contributed by atoms with Crippen LogP contribution >= 0.6 is 11.8 Å². The van der Waals surface area contributed by atoms with Gasteiger partial charge in [0.2, 0.25) is 0 Å². The van der Waals surface area contributed by atoms with Gasteiger partial charge in [-0.05, 0) is 37.2 Å². The van der Waals surface area contributed by atoms with E-state index in [2.05, 4.69) is 12.1 Å². The first-order valence-corrected chi connectivity index (χ1v) is 12.8. The maximum Gasteiger partial charge on any atom is 0.313 e. The number of ether oxygens (including phenoxy) is 4. The Kier molecular flexibility index (Phi) is 4.99. The second-order valence-corrected chi connectivity index (χ2v) is 11.2. The van der Waals surface area contributed by atoms with E-state index in [1.54, 1.807) is 11.8 Å². The summed E-state index contributed by atoms with van der Waals surface area (Å²) in [6.07, 6.45) is 4.48. The molecule has 0 unspecified atom stereocenters. The van der Waals surface area contributed by atoms with E-state index >= 15 is 0 Å². The molecule has 7 heteroatoms. The Bertz CT molecular complexity index is 914. The summed E-state index contributed by atoms with van der Waals surface area (Å²) in [6.45, 7) is 1.21. The van der Waals surface area contributed by atoms with Crippen LogP contribution in [0.15, 0.2) is 30.3 Å². The molecule has 1 aromatic rings. The molecule has 6 rings (SSSR count). The fraction of sp³-hybridized carbons (Fsp3) is 0.680. The summed E-state index contributed by atoms with van der Waals surface area (Å²) in [5.41, 5.74) is 0.559. The van der Waals surface area contributed by atoms with Crippen molar-refractivity contribution in [2.75, 3.05) is 20.3 Å². The molecule has 3 aliphatic heterocycles. The first kappa shape index (κ1) is 21.1. The average molecular weight is 459 g/mol. The highest BCUT2D eigenvalue weighted by molar-refractivity contribution is 7.99. The summed E-state index contributed by atoms with van der Waals surface area (Å²) in [5.74, 6) is -0.744. The summed E-state index contributed by atoms with van der Waals surface area (Å²) in [5, 5.41) is 0. The molecular formula is C25H30O6S. The van der Waals surface area contributed by atoms with Crippen LogP contribution in [-0.2, 0) is 34.3 Å². The zero-order valence-corrected chi connectivity index (χ0v) is 19.2. The minimum atomic E-state index is -0.724. The number of fused-ring (bicyclic) bond motifs is 3. The van der Waals surface area contributed by atoms with Crippen LogP contribution in [0.4, 0.5) is 0 Å². The van der Waals surface area contributed by atoms with Crippen LogP contribution in [0.25, 0.3) is 0 Å². The lowest BCUT2D eigenvalue weighted by Crippen LogP contribution is -2.51. The van der Waals surface area contributed by atoms with Crippen LogP contribution in [0.3, 0.4) is 0 Å². The second-order valence-electron chi connectivity index (χ2n) is 9.89. The first-order valence-electron chi connectivity index (χ1n) is 11.8. The van der Waals surface area contributed by atoms with Gasteiger partial charge in [-0.2, -0.15) is 0 Å². The van der Waals surface area contributed by atoms with Gasteiger partial charge in [-0.25, -0.2) is 0 Å². The van der Waals surface area contributed by atoms with E-state index in [0.29, 0.717) is 19.6 Å². The fourth-order valence-corrected chi connectivity index (χ4v) is 8.94. The van der Waals surface area contributed by atoms with Gasteiger partial charge in [-0.1, -0.05) is 30.3 Å². The van der Waals surface area contributed by atoms with Gasteiger partial charge in [0, 0.05) is 24.5 Å². The number of esters is 1. The van der Waals surface area contributed by atoms with Crippen LogP contribution in [0.2, 0.25) is 0 Å². The number of carbonyl (C=O) groups excluding carboxylic acids is 2. The van der Waals surface area contributed by atoms with E-state index < -0.39 is 28.2 Å². The van der Waals surface area contributed by atoms with Crippen molar-refractivity contribution in [1.29, 1.82) is 0 Å². The number of rotatable bonds is 4. The highest BCUT2D eigenvalue weighted by atomic mass is 32.2. The van der Waals surface area contributed by atoms with Crippen molar-refractivity contribution in [3.05, 3.63) is 35.9 Å². The van der Waals surface area contributed by atoms with Gasteiger partial charge in [0.1, 0.15) is 16.6 Å². The fourth-order valence-electron chi connectivity index (χ4n) is 7.47. The molecule has 172 valence electrons. The Morgan fingerprint density at radius 2 is 1.88 bits per heavy atom. The summed E-state index contributed by atoms with van der Waals surface area (Å²) < 4.78 is 24.6. The number of Topliss-reactive ketones (excluding diaryl/α,β-unsaturated/α-hetero) is 1. The van der Waals surface area contributed by atoms with Gasteiger partial charge in [0.15, 0.2) is 5.79 Å². The lowest BCUT2D eigenvalue weighted by molar-refractivity contribution is -0.197. The van der Waals surface area contributed by atoms with E-state index in [9.17, 15) is 9.59 Å². The SMILES string of the molecule is COC(=O)[C@H]1[C@@H]2C(=O)CC[C@H]3[C@@H](CCC34OCCO4)[C@@]23CC[C@]1(SCc1ccccc1)O3. The Morgan fingerprint density at radius 3 is 2.62 bits per heavy atom. The molecule has 2 spiro atoms. The van der Waals surface area contributed by atoms with Gasteiger partial charge < -0.3 is 18.9 Å². The molecule has 5 fully saturated rings. The molecule has 3 heterocycles. The Balaban J connectivity index is 1.38. The predicted octanol–water partition coefficient (Wildman–Crippen LogP) is 3.72. The third-order valence-electron chi connectivity index (χ3n) is 8.65. The quantitative estimate of drug-likeness (QED) is 0.637. The van der Waals surface area contributed by atoms with E-state index in [1.165, 1.54) is 12.7 Å². The van der Waals surface area contributed by atoms with Crippen LogP contribution in [0, 0.1) is 23.7 Å². The van der Waals surface area contributed by atoms with Gasteiger partial charge in [-0.15, -0.1) is 11.8 Å². The molecule has 0 N–H and O–H groups in total. The molecule has 2 aliphatic carbocycles. The molecule has 2 saturated carbocycles. The minimum Gasteiger partial charge on any atom is -0.469 e. The van der Waals surface area contributed by atoms with Crippen molar-refractivity contribution < 1.29 is 28.5 Å². The van der Waals surface area contributed by atoms with E-state index in [4.69, 9.17) is 18.9 Å². The first-order chi connectivity index (χ1) is 15.5. The van der Waals surface area contributed by atoms with E-state index in [-0.39, 0.29) is 23.6 Å². The molecule has 3 saturated heterocycles. The van der Waals surface area contributed by atoms with Gasteiger partial charge in [0.05, 0.1) is 31.8 Å². The Hall–Kier alpha value is -1.41. The minimum absolute atomic E-state index is 0.130. The number of hydrogen-bond donors (Lipinski definition) is 0. The molecule has 0 amide bonds. The zero-order valence-electron chi connectivity index (χ0n) is 18.4. The summed E-state index contributed by atoms with van der Waals surface area (Å²) in [6, 6.07) is 10.2. The van der Waals surface area contributed by atoms with Crippen LogP contribution in [0.1, 0.15) is 44.1 Å². The smallest absolute Gasteiger partial charge is 0.313 e. The van der Waals surface area contributed by atoms with Gasteiger partial charge >= 0.3 is 5.97 Å². The number of benzene rings is 1. The van der Waals surface area contributed by atoms with E-state index in [1.807, 2.05) is 18.2 Å². The van der Waals surface area contributed by atoms with Gasteiger partial charge in [-0.3, -0.25) is 9.59 Å². The third-order valence-corrected chi connectivity index (χ3v) is 10.2. The van der Waals surface area contributed by atoms with Gasteiger partial charge in [0.25, 0.3) is 0 Å². The maximum atomic E-state index is 13.6. The number of ketones is 1. The molecule has 6 nitrogen and oxygen atoms in total. The second kappa shape index (κ2) is 7.55. The lowest BCUT2D eigenvalue weighted by Gasteiger charge is -2.40. The third kappa shape index (κ3) is 2.84. The topological polar surface area (TPSA) is 71.1 Å². The molecule has 6 atom stereocenters.